The molecule has 0 aromatic heterocycles. The van der Waals surface area contributed by atoms with E-state index in [2.05, 4.69) is 5.32 Å². The topological polar surface area (TPSA) is 21.3 Å². The Labute approximate surface area is 109 Å². The maximum atomic E-state index is 13.8. The van der Waals surface area contributed by atoms with Crippen molar-refractivity contribution in [2.24, 2.45) is 5.92 Å². The highest BCUT2D eigenvalue weighted by molar-refractivity contribution is 5.29. The molecule has 1 atom stereocenters. The molecular formula is C15H22FNO. The molecule has 0 amide bonds. The van der Waals surface area contributed by atoms with Crippen LogP contribution in [0, 0.1) is 11.7 Å². The molecule has 0 spiro atoms. The summed E-state index contributed by atoms with van der Waals surface area (Å²) in [5.74, 6) is 0.746. The molecule has 1 aromatic carbocycles. The number of hydrogen-bond donors (Lipinski definition) is 1. The van der Waals surface area contributed by atoms with Gasteiger partial charge in [-0.15, -0.1) is 0 Å². The second kappa shape index (κ2) is 6.19. The molecule has 1 N–H and O–H groups in total. The van der Waals surface area contributed by atoms with Gasteiger partial charge in [0.15, 0.2) is 11.6 Å². The Hall–Kier alpha value is -1.09. The fourth-order valence-corrected chi connectivity index (χ4v) is 2.45. The van der Waals surface area contributed by atoms with Crippen molar-refractivity contribution in [3.63, 3.8) is 0 Å². The van der Waals surface area contributed by atoms with Crippen molar-refractivity contribution in [3.8, 4) is 5.75 Å². The third kappa shape index (κ3) is 3.70. The van der Waals surface area contributed by atoms with Crippen molar-refractivity contribution in [3.05, 3.63) is 29.6 Å². The Balaban J connectivity index is 1.99. The van der Waals surface area contributed by atoms with Crippen LogP contribution in [0.5, 0.6) is 5.75 Å². The lowest BCUT2D eigenvalue weighted by atomic mass is 9.92. The summed E-state index contributed by atoms with van der Waals surface area (Å²) in [5, 5.41) is 3.39. The molecule has 2 rings (SSSR count). The van der Waals surface area contributed by atoms with E-state index in [1.807, 2.05) is 19.9 Å². The molecule has 100 valence electrons. The molecule has 0 aliphatic carbocycles. The first-order valence-corrected chi connectivity index (χ1v) is 6.81. The summed E-state index contributed by atoms with van der Waals surface area (Å²) < 4.78 is 19.2. The van der Waals surface area contributed by atoms with Crippen LogP contribution in [0.2, 0.25) is 0 Å². The van der Waals surface area contributed by atoms with Crippen LogP contribution < -0.4 is 10.1 Å². The predicted octanol–water partition coefficient (Wildman–Crippen LogP) is 3.16. The summed E-state index contributed by atoms with van der Waals surface area (Å²) in [6, 6.07) is 5.35. The van der Waals surface area contributed by atoms with E-state index in [0.717, 1.165) is 25.1 Å². The smallest absolute Gasteiger partial charge is 0.165 e. The minimum absolute atomic E-state index is 0.00731. The predicted molar refractivity (Wildman–Crippen MR) is 71.5 cm³/mol. The highest BCUT2D eigenvalue weighted by Gasteiger charge is 2.14. The van der Waals surface area contributed by atoms with Crippen LogP contribution >= 0.6 is 0 Å². The first-order chi connectivity index (χ1) is 8.65. The quantitative estimate of drug-likeness (QED) is 0.887. The molecule has 1 fully saturated rings. The van der Waals surface area contributed by atoms with Gasteiger partial charge in [-0.2, -0.15) is 0 Å². The van der Waals surface area contributed by atoms with Crippen molar-refractivity contribution in [2.45, 2.75) is 39.2 Å². The second-order valence-corrected chi connectivity index (χ2v) is 5.35. The average molecular weight is 251 g/mol. The molecule has 1 heterocycles. The zero-order valence-corrected chi connectivity index (χ0v) is 11.2. The highest BCUT2D eigenvalue weighted by Crippen LogP contribution is 2.23. The zero-order chi connectivity index (χ0) is 13.0. The van der Waals surface area contributed by atoms with Crippen LogP contribution in [0.15, 0.2) is 18.2 Å². The van der Waals surface area contributed by atoms with Gasteiger partial charge in [-0.1, -0.05) is 6.07 Å². The van der Waals surface area contributed by atoms with Crippen molar-refractivity contribution >= 4 is 0 Å². The fraction of sp³-hybridized carbons (Fsp3) is 0.600. The van der Waals surface area contributed by atoms with Gasteiger partial charge in [0.25, 0.3) is 0 Å². The fourth-order valence-electron chi connectivity index (χ4n) is 2.45. The lowest BCUT2D eigenvalue weighted by molar-refractivity contribution is 0.231. The van der Waals surface area contributed by atoms with Crippen LogP contribution in [-0.2, 0) is 6.42 Å². The Morgan fingerprint density at radius 2 is 2.28 bits per heavy atom. The molecule has 0 bridgehead atoms. The van der Waals surface area contributed by atoms with Gasteiger partial charge in [0, 0.05) is 0 Å². The maximum absolute atomic E-state index is 13.8. The van der Waals surface area contributed by atoms with Gasteiger partial charge >= 0.3 is 0 Å². The van der Waals surface area contributed by atoms with Crippen molar-refractivity contribution in [1.82, 2.24) is 5.32 Å². The van der Waals surface area contributed by atoms with Crippen LogP contribution in [0.4, 0.5) is 4.39 Å². The van der Waals surface area contributed by atoms with E-state index in [0.29, 0.717) is 11.7 Å². The highest BCUT2D eigenvalue weighted by atomic mass is 19.1. The summed E-state index contributed by atoms with van der Waals surface area (Å²) in [7, 11) is 0. The monoisotopic (exact) mass is 251 g/mol. The SMILES string of the molecule is CC(C)Oc1ccc(CC2CCCNC2)cc1F. The minimum atomic E-state index is -0.245. The molecule has 2 nitrogen and oxygen atoms in total. The lowest BCUT2D eigenvalue weighted by Crippen LogP contribution is -2.30. The first kappa shape index (κ1) is 13.3. The third-order valence-corrected chi connectivity index (χ3v) is 3.28. The van der Waals surface area contributed by atoms with Crippen molar-refractivity contribution in [2.75, 3.05) is 13.1 Å². The van der Waals surface area contributed by atoms with Crippen LogP contribution in [0.3, 0.4) is 0 Å². The van der Waals surface area contributed by atoms with Crippen LogP contribution in [0.1, 0.15) is 32.3 Å². The molecule has 0 radical (unpaired) electrons. The molecule has 1 saturated heterocycles. The van der Waals surface area contributed by atoms with Gasteiger partial charge < -0.3 is 10.1 Å². The molecule has 0 saturated carbocycles. The molecular weight excluding hydrogens is 229 g/mol. The average Bonchev–Trinajstić information content (AvgIpc) is 2.33. The van der Waals surface area contributed by atoms with E-state index in [9.17, 15) is 4.39 Å². The number of hydrogen-bond acceptors (Lipinski definition) is 2. The molecule has 1 aromatic rings. The molecule has 1 unspecified atom stereocenters. The second-order valence-electron chi connectivity index (χ2n) is 5.35. The van der Waals surface area contributed by atoms with Gasteiger partial charge in [0.05, 0.1) is 6.10 Å². The Morgan fingerprint density at radius 1 is 1.44 bits per heavy atom. The summed E-state index contributed by atoms with van der Waals surface area (Å²) in [4.78, 5) is 0. The Morgan fingerprint density at radius 3 is 2.89 bits per heavy atom. The normalized spacial score (nSPS) is 20.1. The number of rotatable bonds is 4. The van der Waals surface area contributed by atoms with Crippen molar-refractivity contribution in [1.29, 1.82) is 0 Å². The van der Waals surface area contributed by atoms with Crippen molar-refractivity contribution < 1.29 is 9.13 Å². The Bertz CT molecular complexity index is 386. The van der Waals surface area contributed by atoms with Gasteiger partial charge in [-0.3, -0.25) is 0 Å². The Kier molecular flexibility index (Phi) is 4.59. The molecule has 3 heteroatoms. The van der Waals surface area contributed by atoms with Gasteiger partial charge in [0.2, 0.25) is 0 Å². The van der Waals surface area contributed by atoms with Gasteiger partial charge in [-0.05, 0) is 69.8 Å². The summed E-state index contributed by atoms with van der Waals surface area (Å²) >= 11 is 0. The molecule has 18 heavy (non-hydrogen) atoms. The van der Waals surface area contributed by atoms with E-state index in [-0.39, 0.29) is 11.9 Å². The molecule has 1 aliphatic heterocycles. The number of nitrogens with one attached hydrogen (secondary N) is 1. The van der Waals surface area contributed by atoms with Crippen LogP contribution in [-0.4, -0.2) is 19.2 Å². The van der Waals surface area contributed by atoms with E-state index in [4.69, 9.17) is 4.74 Å². The third-order valence-electron chi connectivity index (χ3n) is 3.28. The number of ether oxygens (including phenoxy) is 1. The van der Waals surface area contributed by atoms with E-state index in [1.165, 1.54) is 12.8 Å². The number of piperidine rings is 1. The van der Waals surface area contributed by atoms with Crippen LogP contribution in [0.25, 0.3) is 0 Å². The minimum Gasteiger partial charge on any atom is -0.488 e. The zero-order valence-electron chi connectivity index (χ0n) is 11.2. The lowest BCUT2D eigenvalue weighted by Gasteiger charge is -2.22. The maximum Gasteiger partial charge on any atom is 0.165 e. The summed E-state index contributed by atoms with van der Waals surface area (Å²) in [5.41, 5.74) is 1.07. The first-order valence-electron chi connectivity index (χ1n) is 6.81. The summed E-state index contributed by atoms with van der Waals surface area (Å²) in [6.45, 7) is 5.97. The largest absolute Gasteiger partial charge is 0.488 e. The summed E-state index contributed by atoms with van der Waals surface area (Å²) in [6.07, 6.45) is 3.42. The van der Waals surface area contributed by atoms with E-state index in [1.54, 1.807) is 12.1 Å². The van der Waals surface area contributed by atoms with Gasteiger partial charge in [-0.25, -0.2) is 4.39 Å². The van der Waals surface area contributed by atoms with Gasteiger partial charge in [0.1, 0.15) is 0 Å². The van der Waals surface area contributed by atoms with E-state index < -0.39 is 0 Å². The standard InChI is InChI=1S/C15H22FNO/c1-11(2)18-15-6-5-12(9-14(15)16)8-13-4-3-7-17-10-13/h5-6,9,11,13,17H,3-4,7-8,10H2,1-2H3. The molecule has 1 aliphatic rings. The number of halogens is 1. The van der Waals surface area contributed by atoms with E-state index >= 15 is 0 Å². The number of benzene rings is 1.